The number of nitrogens with two attached hydrogens (primary N) is 1. The normalized spacial score (nSPS) is 10.3. The van der Waals surface area contributed by atoms with E-state index in [1.807, 2.05) is 6.92 Å². The summed E-state index contributed by atoms with van der Waals surface area (Å²) in [4.78, 5) is 21.7. The largest absolute Gasteiger partial charge is 0.490 e. The van der Waals surface area contributed by atoms with Gasteiger partial charge in [0, 0.05) is 0 Å². The number of nitrogens with zero attached hydrogens (tertiary/aromatic N) is 1. The van der Waals surface area contributed by atoms with E-state index in [4.69, 9.17) is 15.2 Å². The van der Waals surface area contributed by atoms with E-state index in [1.165, 1.54) is 13.3 Å². The van der Waals surface area contributed by atoms with Crippen LogP contribution in [0, 0.1) is 0 Å². The quantitative estimate of drug-likeness (QED) is 0.426. The zero-order valence-corrected chi connectivity index (χ0v) is 13.7. The van der Waals surface area contributed by atoms with Crippen molar-refractivity contribution < 1.29 is 23.8 Å². The molecule has 0 spiro atoms. The first-order valence-corrected chi connectivity index (χ1v) is 7.01. The average molecular weight is 374 g/mol. The van der Waals surface area contributed by atoms with E-state index in [1.54, 1.807) is 12.1 Å². The van der Waals surface area contributed by atoms with E-state index >= 15 is 0 Å². The Balaban J connectivity index is 2.99. The van der Waals surface area contributed by atoms with Crippen molar-refractivity contribution in [1.82, 2.24) is 5.43 Å². The third-order valence-corrected chi connectivity index (χ3v) is 2.87. The van der Waals surface area contributed by atoms with Crippen LogP contribution >= 0.6 is 15.9 Å². The molecule has 120 valence electrons. The molecule has 0 fully saturated rings. The third-order valence-electron chi connectivity index (χ3n) is 2.28. The highest BCUT2D eigenvalue weighted by atomic mass is 79.9. The molecular formula is C13H16BrN3O5. The van der Waals surface area contributed by atoms with Gasteiger partial charge in [-0.25, -0.2) is 15.0 Å². The van der Waals surface area contributed by atoms with Crippen molar-refractivity contribution in [1.29, 1.82) is 0 Å². The highest BCUT2D eigenvalue weighted by molar-refractivity contribution is 9.10. The summed E-state index contributed by atoms with van der Waals surface area (Å²) in [5.74, 6) is 0.277. The predicted molar refractivity (Wildman–Crippen MR) is 83.1 cm³/mol. The summed E-state index contributed by atoms with van der Waals surface area (Å²) in [6, 6.07) is 2.56. The number of nitrogens with one attached hydrogen (secondary N) is 1. The van der Waals surface area contributed by atoms with Crippen LogP contribution in [0.15, 0.2) is 21.7 Å². The maximum absolute atomic E-state index is 11.2. The van der Waals surface area contributed by atoms with Crippen LogP contribution in [-0.4, -0.2) is 38.5 Å². The fourth-order valence-electron chi connectivity index (χ4n) is 1.43. The summed E-state index contributed by atoms with van der Waals surface area (Å²) in [5, 5.41) is 3.66. The van der Waals surface area contributed by atoms with E-state index in [0.717, 1.165) is 0 Å². The Morgan fingerprint density at radius 1 is 1.41 bits per heavy atom. The second kappa shape index (κ2) is 8.88. The molecule has 9 heteroatoms. The number of carbonyl (C=O) groups is 2. The molecule has 0 aliphatic heterocycles. The smallest absolute Gasteiger partial charge is 0.343 e. The molecule has 2 amide bonds. The van der Waals surface area contributed by atoms with E-state index < -0.39 is 12.0 Å². The average Bonchev–Trinajstić information content (AvgIpc) is 2.46. The van der Waals surface area contributed by atoms with Crippen LogP contribution in [0.5, 0.6) is 11.5 Å². The molecule has 0 saturated carbocycles. The molecule has 0 unspecified atom stereocenters. The number of halogens is 1. The van der Waals surface area contributed by atoms with Gasteiger partial charge in [-0.15, -0.1) is 0 Å². The lowest BCUT2D eigenvalue weighted by Crippen LogP contribution is -2.24. The Hall–Kier alpha value is -2.29. The van der Waals surface area contributed by atoms with Crippen molar-refractivity contribution in [3.8, 4) is 11.5 Å². The van der Waals surface area contributed by atoms with Gasteiger partial charge in [-0.3, -0.25) is 0 Å². The van der Waals surface area contributed by atoms with E-state index in [0.29, 0.717) is 28.1 Å². The van der Waals surface area contributed by atoms with Crippen molar-refractivity contribution in [3.05, 3.63) is 22.2 Å². The third kappa shape index (κ3) is 5.60. The molecule has 8 nitrogen and oxygen atoms in total. The molecule has 22 heavy (non-hydrogen) atoms. The number of carbonyl (C=O) groups excluding carboxylic acids is 2. The molecule has 0 bridgehead atoms. The molecule has 3 N–H and O–H groups in total. The Morgan fingerprint density at radius 2 is 2.14 bits per heavy atom. The molecule has 0 aliphatic rings. The van der Waals surface area contributed by atoms with Crippen LogP contribution in [0.4, 0.5) is 4.79 Å². The van der Waals surface area contributed by atoms with Crippen LogP contribution in [0.1, 0.15) is 12.5 Å². The monoisotopic (exact) mass is 373 g/mol. The molecule has 0 aliphatic carbocycles. The first kappa shape index (κ1) is 17.8. The van der Waals surface area contributed by atoms with Gasteiger partial charge in [-0.1, -0.05) is 0 Å². The molecule has 1 aromatic rings. The minimum atomic E-state index is -0.765. The van der Waals surface area contributed by atoms with Gasteiger partial charge in [-0.2, -0.15) is 5.10 Å². The van der Waals surface area contributed by atoms with Crippen molar-refractivity contribution in [2.24, 2.45) is 10.8 Å². The lowest BCUT2D eigenvalue weighted by molar-refractivity contribution is -0.142. The fraction of sp³-hybridized carbons (Fsp3) is 0.308. The highest BCUT2D eigenvalue weighted by Crippen LogP contribution is 2.36. The van der Waals surface area contributed by atoms with E-state index in [2.05, 4.69) is 31.2 Å². The number of benzene rings is 1. The Morgan fingerprint density at radius 3 is 2.73 bits per heavy atom. The number of ether oxygens (including phenoxy) is 3. The van der Waals surface area contributed by atoms with Gasteiger partial charge in [0.25, 0.3) is 0 Å². The zero-order valence-electron chi connectivity index (χ0n) is 12.1. The second-order valence-electron chi connectivity index (χ2n) is 3.86. The SMILES string of the molecule is CCOc1cc(C=NNC(N)=O)cc(Br)c1OCC(=O)OC. The van der Waals surface area contributed by atoms with Gasteiger partial charge in [-0.05, 0) is 40.5 Å². The van der Waals surface area contributed by atoms with Crippen LogP contribution in [0.2, 0.25) is 0 Å². The summed E-state index contributed by atoms with van der Waals surface area (Å²) >= 11 is 3.33. The van der Waals surface area contributed by atoms with Gasteiger partial charge < -0.3 is 19.9 Å². The minimum absolute atomic E-state index is 0.244. The standard InChI is InChI=1S/C13H16BrN3O5/c1-3-21-10-5-8(6-16-17-13(15)19)4-9(14)12(10)22-7-11(18)20-2/h4-6H,3,7H2,1-2H3,(H3,15,17,19). The predicted octanol–water partition coefficient (Wildman–Crippen LogP) is 1.40. The Kier molecular flexibility index (Phi) is 7.17. The van der Waals surface area contributed by atoms with Crippen LogP contribution < -0.4 is 20.6 Å². The zero-order chi connectivity index (χ0) is 16.5. The molecule has 0 saturated heterocycles. The lowest BCUT2D eigenvalue weighted by Gasteiger charge is -2.13. The maximum Gasteiger partial charge on any atom is 0.343 e. The fourth-order valence-corrected chi connectivity index (χ4v) is 2.00. The molecule has 0 heterocycles. The van der Waals surface area contributed by atoms with Crippen molar-refractivity contribution in [2.45, 2.75) is 6.92 Å². The van der Waals surface area contributed by atoms with Gasteiger partial charge in [0.15, 0.2) is 18.1 Å². The summed E-state index contributed by atoms with van der Waals surface area (Å²) in [6.45, 7) is 1.97. The van der Waals surface area contributed by atoms with Gasteiger partial charge in [0.2, 0.25) is 0 Å². The molecule has 0 atom stereocenters. The van der Waals surface area contributed by atoms with Crippen molar-refractivity contribution in [2.75, 3.05) is 20.3 Å². The maximum atomic E-state index is 11.2. The summed E-state index contributed by atoms with van der Waals surface area (Å²) in [5.41, 5.74) is 7.63. The van der Waals surface area contributed by atoms with Gasteiger partial charge in [0.05, 0.1) is 24.4 Å². The van der Waals surface area contributed by atoms with Crippen molar-refractivity contribution in [3.63, 3.8) is 0 Å². The van der Waals surface area contributed by atoms with Crippen molar-refractivity contribution >= 4 is 34.1 Å². The van der Waals surface area contributed by atoms with Crippen LogP contribution in [0.3, 0.4) is 0 Å². The number of hydrogen-bond acceptors (Lipinski definition) is 6. The number of esters is 1. The first-order valence-electron chi connectivity index (χ1n) is 6.22. The van der Waals surface area contributed by atoms with E-state index in [9.17, 15) is 9.59 Å². The van der Waals surface area contributed by atoms with Gasteiger partial charge in [0.1, 0.15) is 0 Å². The van der Waals surface area contributed by atoms with E-state index in [-0.39, 0.29) is 6.61 Å². The molecule has 1 aromatic carbocycles. The Labute approximate surface area is 135 Å². The second-order valence-corrected chi connectivity index (χ2v) is 4.72. The molecule has 0 aromatic heterocycles. The van der Waals surface area contributed by atoms with Gasteiger partial charge >= 0.3 is 12.0 Å². The highest BCUT2D eigenvalue weighted by Gasteiger charge is 2.13. The van der Waals surface area contributed by atoms with Crippen LogP contribution in [-0.2, 0) is 9.53 Å². The Bertz CT molecular complexity index is 577. The molecule has 1 rings (SSSR count). The number of amides is 2. The first-order chi connectivity index (χ1) is 10.5. The van der Waals surface area contributed by atoms with Crippen LogP contribution in [0.25, 0.3) is 0 Å². The molecule has 0 radical (unpaired) electrons. The number of hydrazone groups is 1. The molecular weight excluding hydrogens is 358 g/mol. The summed E-state index contributed by atoms with van der Waals surface area (Å²) in [6.07, 6.45) is 1.39. The number of primary amides is 1. The summed E-state index contributed by atoms with van der Waals surface area (Å²) < 4.78 is 15.9. The number of urea groups is 1. The number of rotatable bonds is 7. The summed E-state index contributed by atoms with van der Waals surface area (Å²) in [7, 11) is 1.27. The lowest BCUT2D eigenvalue weighted by atomic mass is 10.2. The minimum Gasteiger partial charge on any atom is -0.490 e. The number of hydrogen-bond donors (Lipinski definition) is 2. The number of methoxy groups -OCH3 is 1. The topological polar surface area (TPSA) is 112 Å².